The molecule has 2 N–H and O–H groups in total. The van der Waals surface area contributed by atoms with E-state index in [1.165, 1.54) is 16.7 Å². The van der Waals surface area contributed by atoms with Gasteiger partial charge in [-0.15, -0.1) is 0 Å². The van der Waals surface area contributed by atoms with Crippen molar-refractivity contribution in [3.63, 3.8) is 0 Å². The first-order valence-corrected chi connectivity index (χ1v) is 6.71. The van der Waals surface area contributed by atoms with E-state index in [1.807, 2.05) is 0 Å². The van der Waals surface area contributed by atoms with Crippen molar-refractivity contribution in [1.29, 1.82) is 0 Å². The summed E-state index contributed by atoms with van der Waals surface area (Å²) in [5.74, 6) is 0. The third-order valence-electron chi connectivity index (χ3n) is 3.14. The maximum atomic E-state index is 4.98. The highest BCUT2D eigenvalue weighted by atomic mass is 16.5. The van der Waals surface area contributed by atoms with Gasteiger partial charge in [0.2, 0.25) is 0 Å². The molecule has 0 atom stereocenters. The molecule has 0 saturated carbocycles. The maximum absolute atomic E-state index is 4.98. The standard InChI is InChI=1S/C15H26N2O/c1-13-6-4-7-14(2)15(13)12-17-9-5-8-16-10-11-18-3/h4,6-7,16-17H,5,8-12H2,1-3H3. The van der Waals surface area contributed by atoms with E-state index in [2.05, 4.69) is 42.7 Å². The van der Waals surface area contributed by atoms with E-state index in [9.17, 15) is 0 Å². The summed E-state index contributed by atoms with van der Waals surface area (Å²) in [6.45, 7) is 9.14. The van der Waals surface area contributed by atoms with Gasteiger partial charge in [-0.3, -0.25) is 0 Å². The lowest BCUT2D eigenvalue weighted by Crippen LogP contribution is -2.24. The first-order valence-electron chi connectivity index (χ1n) is 6.71. The minimum absolute atomic E-state index is 0.788. The van der Waals surface area contributed by atoms with E-state index in [4.69, 9.17) is 4.74 Å². The predicted octanol–water partition coefficient (Wildman–Crippen LogP) is 2.02. The second-order valence-electron chi connectivity index (χ2n) is 4.64. The molecule has 1 aromatic rings. The fourth-order valence-electron chi connectivity index (χ4n) is 1.98. The van der Waals surface area contributed by atoms with Crippen LogP contribution in [-0.4, -0.2) is 33.4 Å². The molecule has 3 heteroatoms. The number of rotatable bonds is 9. The lowest BCUT2D eigenvalue weighted by atomic mass is 10.0. The molecule has 102 valence electrons. The van der Waals surface area contributed by atoms with Crippen LogP contribution in [0.5, 0.6) is 0 Å². The van der Waals surface area contributed by atoms with E-state index < -0.39 is 0 Å². The predicted molar refractivity (Wildman–Crippen MR) is 77.0 cm³/mol. The van der Waals surface area contributed by atoms with Crippen molar-refractivity contribution < 1.29 is 4.74 Å². The molecule has 3 nitrogen and oxygen atoms in total. The van der Waals surface area contributed by atoms with E-state index in [-0.39, 0.29) is 0 Å². The number of hydrogen-bond acceptors (Lipinski definition) is 3. The Hall–Kier alpha value is -0.900. The second kappa shape index (κ2) is 9.09. The average Bonchev–Trinajstić information content (AvgIpc) is 2.35. The van der Waals surface area contributed by atoms with Crippen molar-refractivity contribution >= 4 is 0 Å². The van der Waals surface area contributed by atoms with Gasteiger partial charge in [-0.25, -0.2) is 0 Å². The van der Waals surface area contributed by atoms with Crippen LogP contribution in [0.1, 0.15) is 23.1 Å². The first kappa shape index (κ1) is 15.2. The smallest absolute Gasteiger partial charge is 0.0587 e. The minimum Gasteiger partial charge on any atom is -0.383 e. The van der Waals surface area contributed by atoms with Gasteiger partial charge in [-0.05, 0) is 50.0 Å². The zero-order valence-corrected chi connectivity index (χ0v) is 11.9. The molecule has 0 saturated heterocycles. The molecule has 1 aromatic carbocycles. The number of methoxy groups -OCH3 is 1. The summed E-state index contributed by atoms with van der Waals surface area (Å²) in [6.07, 6.45) is 1.15. The molecule has 0 unspecified atom stereocenters. The SMILES string of the molecule is COCCNCCCNCc1c(C)cccc1C. The van der Waals surface area contributed by atoms with E-state index in [1.54, 1.807) is 7.11 Å². The zero-order chi connectivity index (χ0) is 13.2. The van der Waals surface area contributed by atoms with Gasteiger partial charge >= 0.3 is 0 Å². The van der Waals surface area contributed by atoms with Crippen LogP contribution in [0.25, 0.3) is 0 Å². The van der Waals surface area contributed by atoms with E-state index in [0.717, 1.165) is 39.2 Å². The molecule has 0 aromatic heterocycles. The summed E-state index contributed by atoms with van der Waals surface area (Å²) in [4.78, 5) is 0. The van der Waals surface area contributed by atoms with Crippen LogP contribution in [0.2, 0.25) is 0 Å². The van der Waals surface area contributed by atoms with Gasteiger partial charge in [0.15, 0.2) is 0 Å². The molecule has 0 spiro atoms. The highest BCUT2D eigenvalue weighted by molar-refractivity contribution is 5.33. The monoisotopic (exact) mass is 250 g/mol. The van der Waals surface area contributed by atoms with Crippen LogP contribution >= 0.6 is 0 Å². The molecule has 0 radical (unpaired) electrons. The van der Waals surface area contributed by atoms with Crippen molar-refractivity contribution in [1.82, 2.24) is 10.6 Å². The Morgan fingerprint density at radius 1 is 1.00 bits per heavy atom. The Morgan fingerprint density at radius 3 is 2.33 bits per heavy atom. The largest absolute Gasteiger partial charge is 0.383 e. The van der Waals surface area contributed by atoms with Crippen molar-refractivity contribution in [3.05, 3.63) is 34.9 Å². The number of aryl methyl sites for hydroxylation is 2. The van der Waals surface area contributed by atoms with Crippen LogP contribution in [0.4, 0.5) is 0 Å². The van der Waals surface area contributed by atoms with Gasteiger partial charge in [0.05, 0.1) is 6.61 Å². The third-order valence-corrected chi connectivity index (χ3v) is 3.14. The molecule has 0 aliphatic heterocycles. The van der Waals surface area contributed by atoms with Crippen LogP contribution in [0.15, 0.2) is 18.2 Å². The Bertz CT molecular complexity index is 319. The quantitative estimate of drug-likeness (QED) is 0.658. The molecule has 0 bridgehead atoms. The molecular weight excluding hydrogens is 224 g/mol. The molecule has 0 heterocycles. The molecule has 0 amide bonds. The molecular formula is C15H26N2O. The van der Waals surface area contributed by atoms with Gasteiger partial charge < -0.3 is 15.4 Å². The number of nitrogens with one attached hydrogen (secondary N) is 2. The van der Waals surface area contributed by atoms with Gasteiger partial charge in [0.1, 0.15) is 0 Å². The van der Waals surface area contributed by atoms with Crippen LogP contribution in [0, 0.1) is 13.8 Å². The summed E-state index contributed by atoms with van der Waals surface area (Å²) in [7, 11) is 1.73. The highest BCUT2D eigenvalue weighted by Crippen LogP contribution is 2.12. The fourth-order valence-corrected chi connectivity index (χ4v) is 1.98. The van der Waals surface area contributed by atoms with Crippen molar-refractivity contribution in [3.8, 4) is 0 Å². The Kier molecular flexibility index (Phi) is 7.65. The summed E-state index contributed by atoms with van der Waals surface area (Å²) in [5.41, 5.74) is 4.19. The normalized spacial score (nSPS) is 10.8. The first-order chi connectivity index (χ1) is 8.75. The van der Waals surface area contributed by atoms with Gasteiger partial charge in [-0.2, -0.15) is 0 Å². The Morgan fingerprint density at radius 2 is 1.67 bits per heavy atom. The summed E-state index contributed by atoms with van der Waals surface area (Å²) in [6, 6.07) is 6.47. The minimum atomic E-state index is 0.788. The van der Waals surface area contributed by atoms with Crippen molar-refractivity contribution in [2.45, 2.75) is 26.8 Å². The highest BCUT2D eigenvalue weighted by Gasteiger charge is 2.00. The van der Waals surface area contributed by atoms with Crippen LogP contribution < -0.4 is 10.6 Å². The average molecular weight is 250 g/mol. The van der Waals surface area contributed by atoms with E-state index in [0.29, 0.717) is 0 Å². The Balaban J connectivity index is 2.11. The van der Waals surface area contributed by atoms with Crippen LogP contribution in [0.3, 0.4) is 0 Å². The molecule has 18 heavy (non-hydrogen) atoms. The van der Waals surface area contributed by atoms with Gasteiger partial charge in [0, 0.05) is 20.2 Å². The van der Waals surface area contributed by atoms with Crippen molar-refractivity contribution in [2.24, 2.45) is 0 Å². The lowest BCUT2D eigenvalue weighted by Gasteiger charge is -2.11. The number of hydrogen-bond donors (Lipinski definition) is 2. The fraction of sp³-hybridized carbons (Fsp3) is 0.600. The molecule has 0 aliphatic carbocycles. The number of benzene rings is 1. The summed E-state index contributed by atoms with van der Waals surface area (Å²) in [5, 5.41) is 6.85. The van der Waals surface area contributed by atoms with E-state index >= 15 is 0 Å². The second-order valence-corrected chi connectivity index (χ2v) is 4.64. The summed E-state index contributed by atoms with van der Waals surface area (Å²) < 4.78 is 4.98. The Labute approximate surface area is 111 Å². The molecule has 0 aliphatic rings. The maximum Gasteiger partial charge on any atom is 0.0587 e. The topological polar surface area (TPSA) is 33.3 Å². The zero-order valence-electron chi connectivity index (χ0n) is 11.9. The lowest BCUT2D eigenvalue weighted by molar-refractivity contribution is 0.199. The molecule has 1 rings (SSSR count). The van der Waals surface area contributed by atoms with Crippen LogP contribution in [-0.2, 0) is 11.3 Å². The van der Waals surface area contributed by atoms with Crippen molar-refractivity contribution in [2.75, 3.05) is 33.4 Å². The van der Waals surface area contributed by atoms with Gasteiger partial charge in [-0.1, -0.05) is 18.2 Å². The third kappa shape index (κ3) is 5.63. The van der Waals surface area contributed by atoms with Gasteiger partial charge in [0.25, 0.3) is 0 Å². The summed E-state index contributed by atoms with van der Waals surface area (Å²) >= 11 is 0. The number of ether oxygens (including phenoxy) is 1. The molecule has 0 fully saturated rings.